The molecule has 0 saturated heterocycles. The van der Waals surface area contributed by atoms with Crippen LogP contribution in [0.1, 0.15) is 5.56 Å². The third kappa shape index (κ3) is 1.83. The van der Waals surface area contributed by atoms with Gasteiger partial charge in [0.2, 0.25) is 0 Å². The molecule has 0 atom stereocenters. The summed E-state index contributed by atoms with van der Waals surface area (Å²) in [6, 6.07) is 5.91. The van der Waals surface area contributed by atoms with Gasteiger partial charge < -0.3 is 4.74 Å². The zero-order valence-electron chi connectivity index (χ0n) is 7.26. The van der Waals surface area contributed by atoms with Gasteiger partial charge in [-0.3, -0.25) is 0 Å². The summed E-state index contributed by atoms with van der Waals surface area (Å²) in [6.07, 6.45) is 4.84. The van der Waals surface area contributed by atoms with E-state index in [4.69, 9.17) is 4.74 Å². The molecule has 2 heteroatoms. The second-order valence-electron chi connectivity index (χ2n) is 2.25. The Morgan fingerprint density at radius 3 is 2.75 bits per heavy atom. The summed E-state index contributed by atoms with van der Waals surface area (Å²) in [5.74, 6) is 0.885. The first-order valence-electron chi connectivity index (χ1n) is 3.57. The van der Waals surface area contributed by atoms with E-state index in [1.807, 2.05) is 24.5 Å². The first-order chi connectivity index (χ1) is 5.81. The van der Waals surface area contributed by atoms with Crippen LogP contribution in [-0.4, -0.2) is 13.4 Å². The highest BCUT2D eigenvalue weighted by Gasteiger charge is 2.00. The quantitative estimate of drug-likeness (QED) is 0.660. The topological polar surface area (TPSA) is 9.23 Å². The van der Waals surface area contributed by atoms with Crippen LogP contribution in [0.4, 0.5) is 0 Å². The zero-order valence-corrected chi connectivity index (χ0v) is 8.07. The van der Waals surface area contributed by atoms with E-state index in [-0.39, 0.29) is 0 Å². The van der Waals surface area contributed by atoms with Crippen molar-refractivity contribution in [3.63, 3.8) is 0 Å². The van der Waals surface area contributed by atoms with E-state index in [0.29, 0.717) is 0 Å². The molecule has 63 valence electrons. The third-order valence-electron chi connectivity index (χ3n) is 1.59. The van der Waals surface area contributed by atoms with E-state index in [9.17, 15) is 0 Å². The van der Waals surface area contributed by atoms with Crippen molar-refractivity contribution < 1.29 is 4.74 Å². The van der Waals surface area contributed by atoms with Crippen LogP contribution in [0.5, 0.6) is 5.75 Å². The second-order valence-corrected chi connectivity index (χ2v) is 3.09. The first-order valence-corrected chi connectivity index (χ1v) is 4.79. The average molecular weight is 179 g/mol. The van der Waals surface area contributed by atoms with Gasteiger partial charge in [0.1, 0.15) is 5.75 Å². The molecule has 1 rings (SSSR count). The molecule has 0 spiro atoms. The molecule has 0 unspecified atom stereocenters. The predicted octanol–water partition coefficient (Wildman–Crippen LogP) is 2.75. The lowest BCUT2D eigenvalue weighted by Gasteiger charge is -2.05. The molecule has 0 bridgehead atoms. The van der Waals surface area contributed by atoms with E-state index >= 15 is 0 Å². The lowest BCUT2D eigenvalue weighted by Crippen LogP contribution is -1.86. The van der Waals surface area contributed by atoms with Crippen LogP contribution in [-0.2, 0) is 0 Å². The van der Waals surface area contributed by atoms with E-state index in [1.165, 1.54) is 0 Å². The Balaban J connectivity index is 3.10. The van der Waals surface area contributed by atoms with Crippen molar-refractivity contribution in [3.05, 3.63) is 36.4 Å². The SMILES string of the molecule is C=[C]c1ccc(SC)c(OC)c1. The molecule has 0 aliphatic rings. The molecule has 0 aliphatic carbocycles. The van der Waals surface area contributed by atoms with E-state index in [1.54, 1.807) is 18.9 Å². The Morgan fingerprint density at radius 2 is 2.25 bits per heavy atom. The number of benzene rings is 1. The Kier molecular flexibility index (Phi) is 3.23. The van der Waals surface area contributed by atoms with Gasteiger partial charge in [-0.2, -0.15) is 0 Å². The second kappa shape index (κ2) is 4.21. The Morgan fingerprint density at radius 1 is 1.50 bits per heavy atom. The normalized spacial score (nSPS) is 9.50. The standard InChI is InChI=1S/C10H11OS/c1-4-8-5-6-10(12-3)9(7-8)11-2/h5-7H,1H2,2-3H3. The molecule has 1 aromatic carbocycles. The molecule has 0 aromatic heterocycles. The molecule has 1 radical (unpaired) electrons. The predicted molar refractivity (Wildman–Crippen MR) is 52.7 cm³/mol. The summed E-state index contributed by atoms with van der Waals surface area (Å²) >= 11 is 1.67. The summed E-state index contributed by atoms with van der Waals surface area (Å²) in [5, 5.41) is 0. The fourth-order valence-corrected chi connectivity index (χ4v) is 1.49. The zero-order chi connectivity index (χ0) is 8.97. The molecular formula is C10H11OS. The van der Waals surface area contributed by atoms with Gasteiger partial charge in [-0.1, -0.05) is 12.6 Å². The van der Waals surface area contributed by atoms with E-state index in [2.05, 4.69) is 12.7 Å². The number of methoxy groups -OCH3 is 1. The van der Waals surface area contributed by atoms with Crippen LogP contribution in [0.3, 0.4) is 0 Å². The Bertz CT molecular complexity index is 281. The molecule has 0 fully saturated rings. The highest BCUT2D eigenvalue weighted by Crippen LogP contribution is 2.28. The first kappa shape index (κ1) is 9.20. The molecule has 0 heterocycles. The van der Waals surface area contributed by atoms with Crippen LogP contribution < -0.4 is 4.74 Å². The molecular weight excluding hydrogens is 168 g/mol. The van der Waals surface area contributed by atoms with Gasteiger partial charge in [0, 0.05) is 4.90 Å². The minimum absolute atomic E-state index is 0.885. The lowest BCUT2D eigenvalue weighted by molar-refractivity contribution is 0.404. The summed E-state index contributed by atoms with van der Waals surface area (Å²) in [7, 11) is 1.67. The van der Waals surface area contributed by atoms with Crippen LogP contribution >= 0.6 is 11.8 Å². The largest absolute Gasteiger partial charge is 0.496 e. The van der Waals surface area contributed by atoms with Gasteiger partial charge in [0.25, 0.3) is 0 Å². The average Bonchev–Trinajstić information content (AvgIpc) is 2.16. The van der Waals surface area contributed by atoms with Crippen LogP contribution in [0.25, 0.3) is 0 Å². The van der Waals surface area contributed by atoms with Crippen molar-refractivity contribution in [3.8, 4) is 5.75 Å². The molecule has 1 aromatic rings. The molecule has 1 nitrogen and oxygen atoms in total. The molecule has 0 amide bonds. The van der Waals surface area contributed by atoms with Crippen LogP contribution in [0.15, 0.2) is 29.7 Å². The number of thioether (sulfide) groups is 1. The number of hydrogen-bond acceptors (Lipinski definition) is 2. The fourth-order valence-electron chi connectivity index (χ4n) is 0.946. The summed E-state index contributed by atoms with van der Waals surface area (Å²) < 4.78 is 5.19. The van der Waals surface area contributed by atoms with E-state index in [0.717, 1.165) is 16.2 Å². The number of hydrogen-bond donors (Lipinski definition) is 0. The number of rotatable bonds is 3. The molecule has 0 N–H and O–H groups in total. The smallest absolute Gasteiger partial charge is 0.133 e. The van der Waals surface area contributed by atoms with Gasteiger partial charge in [0.15, 0.2) is 0 Å². The molecule has 12 heavy (non-hydrogen) atoms. The van der Waals surface area contributed by atoms with Crippen molar-refractivity contribution in [1.82, 2.24) is 0 Å². The van der Waals surface area contributed by atoms with Crippen molar-refractivity contribution in [2.24, 2.45) is 0 Å². The van der Waals surface area contributed by atoms with Crippen LogP contribution in [0, 0.1) is 6.08 Å². The lowest BCUT2D eigenvalue weighted by atomic mass is 10.2. The highest BCUT2D eigenvalue weighted by molar-refractivity contribution is 7.98. The maximum atomic E-state index is 5.19. The maximum absolute atomic E-state index is 5.19. The minimum Gasteiger partial charge on any atom is -0.496 e. The monoisotopic (exact) mass is 179 g/mol. The van der Waals surface area contributed by atoms with E-state index < -0.39 is 0 Å². The van der Waals surface area contributed by atoms with Gasteiger partial charge in [-0.25, -0.2) is 0 Å². The van der Waals surface area contributed by atoms with Crippen LogP contribution in [0.2, 0.25) is 0 Å². The summed E-state index contributed by atoms with van der Waals surface area (Å²) in [4.78, 5) is 1.14. The van der Waals surface area contributed by atoms with Crippen molar-refractivity contribution in [2.75, 3.05) is 13.4 Å². The fraction of sp³-hybridized carbons (Fsp3) is 0.200. The van der Waals surface area contributed by atoms with Crippen molar-refractivity contribution in [2.45, 2.75) is 4.90 Å². The Labute approximate surface area is 77.4 Å². The minimum atomic E-state index is 0.885. The van der Waals surface area contributed by atoms with Crippen molar-refractivity contribution in [1.29, 1.82) is 0 Å². The number of ether oxygens (including phenoxy) is 1. The van der Waals surface area contributed by atoms with Gasteiger partial charge >= 0.3 is 0 Å². The van der Waals surface area contributed by atoms with Gasteiger partial charge in [0.05, 0.1) is 7.11 Å². The highest BCUT2D eigenvalue weighted by atomic mass is 32.2. The third-order valence-corrected chi connectivity index (χ3v) is 2.36. The maximum Gasteiger partial charge on any atom is 0.133 e. The van der Waals surface area contributed by atoms with Crippen molar-refractivity contribution >= 4 is 11.8 Å². The molecule has 0 aliphatic heterocycles. The molecule has 0 saturated carbocycles. The summed E-state index contributed by atoms with van der Waals surface area (Å²) in [6.45, 7) is 3.57. The van der Waals surface area contributed by atoms with Gasteiger partial charge in [-0.05, 0) is 30.0 Å². The van der Waals surface area contributed by atoms with Gasteiger partial charge in [-0.15, -0.1) is 11.8 Å². The summed E-state index contributed by atoms with van der Waals surface area (Å²) in [5.41, 5.74) is 0.963. The Hall–Kier alpha value is -0.890.